The number of pyridine rings is 1. The van der Waals surface area contributed by atoms with E-state index in [1.807, 2.05) is 0 Å². The van der Waals surface area contributed by atoms with Gasteiger partial charge in [0.15, 0.2) is 5.82 Å². The minimum Gasteiger partial charge on any atom is -0.477 e. The first-order valence-electron chi connectivity index (χ1n) is 4.90. The molecule has 1 heterocycles. The molecule has 1 aromatic heterocycles. The van der Waals surface area contributed by atoms with Gasteiger partial charge in [-0.2, -0.15) is 0 Å². The van der Waals surface area contributed by atoms with Crippen LogP contribution in [0.25, 0.3) is 0 Å². The zero-order valence-corrected chi connectivity index (χ0v) is 8.93. The number of aromatic carboxylic acids is 1. The lowest BCUT2D eigenvalue weighted by molar-refractivity contribution is 0.0688. The van der Waals surface area contributed by atoms with Crippen LogP contribution in [-0.4, -0.2) is 16.1 Å². The Morgan fingerprint density at radius 3 is 2.56 bits per heavy atom. The van der Waals surface area contributed by atoms with E-state index in [2.05, 4.69) is 4.98 Å². The fourth-order valence-corrected chi connectivity index (χ4v) is 1.35. The molecular weight excluding hydrogens is 244 g/mol. The number of nitrogens with zero attached hydrogens (tertiary/aromatic N) is 1. The number of carboxylic acids is 1. The summed E-state index contributed by atoms with van der Waals surface area (Å²) in [4.78, 5) is 14.5. The molecular formula is C12H7F2NO3. The van der Waals surface area contributed by atoms with Gasteiger partial charge in [-0.3, -0.25) is 0 Å². The molecule has 0 saturated heterocycles. The van der Waals surface area contributed by atoms with Gasteiger partial charge in [0.25, 0.3) is 5.88 Å². The van der Waals surface area contributed by atoms with Crippen molar-refractivity contribution in [3.63, 3.8) is 0 Å². The van der Waals surface area contributed by atoms with E-state index in [-0.39, 0.29) is 5.75 Å². The zero-order chi connectivity index (χ0) is 13.1. The van der Waals surface area contributed by atoms with Gasteiger partial charge in [0, 0.05) is 6.20 Å². The molecule has 0 bridgehead atoms. The molecule has 0 aliphatic rings. The molecule has 6 heteroatoms. The third-order valence-corrected chi connectivity index (χ3v) is 2.12. The van der Waals surface area contributed by atoms with Gasteiger partial charge >= 0.3 is 5.97 Å². The number of ether oxygens (including phenoxy) is 1. The maximum atomic E-state index is 13.3. The number of rotatable bonds is 3. The molecule has 18 heavy (non-hydrogen) atoms. The smallest absolute Gasteiger partial charge is 0.342 e. The van der Waals surface area contributed by atoms with Crippen LogP contribution in [0.4, 0.5) is 8.78 Å². The third kappa shape index (κ3) is 2.27. The number of carboxylic acid groups (broad SMARTS) is 1. The summed E-state index contributed by atoms with van der Waals surface area (Å²) >= 11 is 0. The number of aromatic nitrogens is 1. The van der Waals surface area contributed by atoms with E-state index in [0.717, 1.165) is 12.1 Å². The van der Waals surface area contributed by atoms with Gasteiger partial charge in [-0.05, 0) is 24.3 Å². The number of halogens is 2. The SMILES string of the molecule is O=C(O)c1c(F)cccc1Oc1ncccc1F. The van der Waals surface area contributed by atoms with Gasteiger partial charge in [-0.25, -0.2) is 18.6 Å². The minimum atomic E-state index is -1.50. The van der Waals surface area contributed by atoms with Crippen molar-refractivity contribution in [3.05, 3.63) is 53.7 Å². The molecule has 2 aromatic rings. The van der Waals surface area contributed by atoms with Gasteiger partial charge in [0.1, 0.15) is 17.1 Å². The zero-order valence-electron chi connectivity index (χ0n) is 8.93. The van der Waals surface area contributed by atoms with Crippen LogP contribution in [0, 0.1) is 11.6 Å². The molecule has 4 nitrogen and oxygen atoms in total. The summed E-state index contributed by atoms with van der Waals surface area (Å²) in [6, 6.07) is 5.91. The standard InChI is InChI=1S/C12H7F2NO3/c13-7-3-1-5-9(10(7)12(16)17)18-11-8(14)4-2-6-15-11/h1-6H,(H,16,17). The predicted molar refractivity (Wildman–Crippen MR) is 57.6 cm³/mol. The summed E-state index contributed by atoms with van der Waals surface area (Å²) < 4.78 is 31.6. The van der Waals surface area contributed by atoms with Gasteiger partial charge in [-0.15, -0.1) is 0 Å². The van der Waals surface area contributed by atoms with E-state index < -0.39 is 29.0 Å². The van der Waals surface area contributed by atoms with E-state index in [9.17, 15) is 13.6 Å². The monoisotopic (exact) mass is 251 g/mol. The summed E-state index contributed by atoms with van der Waals surface area (Å²) in [6.45, 7) is 0. The lowest BCUT2D eigenvalue weighted by Crippen LogP contribution is -2.04. The van der Waals surface area contributed by atoms with E-state index in [1.54, 1.807) is 0 Å². The summed E-state index contributed by atoms with van der Waals surface area (Å²) in [5, 5.41) is 8.86. The average Bonchev–Trinajstić information content (AvgIpc) is 2.31. The van der Waals surface area contributed by atoms with Crippen molar-refractivity contribution in [3.8, 4) is 11.6 Å². The largest absolute Gasteiger partial charge is 0.477 e. The van der Waals surface area contributed by atoms with Crippen LogP contribution < -0.4 is 4.74 Å². The lowest BCUT2D eigenvalue weighted by Gasteiger charge is -2.08. The Bertz CT molecular complexity index is 602. The highest BCUT2D eigenvalue weighted by atomic mass is 19.1. The van der Waals surface area contributed by atoms with Gasteiger partial charge < -0.3 is 9.84 Å². The predicted octanol–water partition coefficient (Wildman–Crippen LogP) is 2.85. The highest BCUT2D eigenvalue weighted by Gasteiger charge is 2.18. The molecule has 0 aliphatic heterocycles. The quantitative estimate of drug-likeness (QED) is 0.911. The maximum absolute atomic E-state index is 13.3. The Balaban J connectivity index is 2.44. The van der Waals surface area contributed by atoms with Crippen molar-refractivity contribution < 1.29 is 23.4 Å². The van der Waals surface area contributed by atoms with E-state index in [4.69, 9.17) is 9.84 Å². The molecule has 1 aromatic carbocycles. The summed E-state index contributed by atoms with van der Waals surface area (Å²) in [5.41, 5.74) is -0.664. The van der Waals surface area contributed by atoms with E-state index in [1.165, 1.54) is 24.4 Å². The second kappa shape index (κ2) is 4.79. The summed E-state index contributed by atoms with van der Waals surface area (Å²) in [5.74, 6) is -3.94. The number of benzene rings is 1. The lowest BCUT2D eigenvalue weighted by atomic mass is 10.2. The van der Waals surface area contributed by atoms with Crippen molar-refractivity contribution in [2.45, 2.75) is 0 Å². The number of hydrogen-bond acceptors (Lipinski definition) is 3. The van der Waals surface area contributed by atoms with Crippen LogP contribution in [0.15, 0.2) is 36.5 Å². The summed E-state index contributed by atoms with van der Waals surface area (Å²) in [7, 11) is 0. The maximum Gasteiger partial charge on any atom is 0.342 e. The number of hydrogen-bond donors (Lipinski definition) is 1. The van der Waals surface area contributed by atoms with Crippen molar-refractivity contribution >= 4 is 5.97 Å². The van der Waals surface area contributed by atoms with Crippen LogP contribution in [0.5, 0.6) is 11.6 Å². The van der Waals surface area contributed by atoms with Gasteiger partial charge in [0.05, 0.1) is 0 Å². The van der Waals surface area contributed by atoms with Crippen molar-refractivity contribution in [1.82, 2.24) is 4.98 Å². The number of carbonyl (C=O) groups is 1. The molecule has 0 atom stereocenters. The average molecular weight is 251 g/mol. The van der Waals surface area contributed by atoms with Gasteiger partial charge in [-0.1, -0.05) is 6.07 Å². The fraction of sp³-hybridized carbons (Fsp3) is 0. The van der Waals surface area contributed by atoms with Crippen molar-refractivity contribution in [2.75, 3.05) is 0 Å². The minimum absolute atomic E-state index is 0.305. The van der Waals surface area contributed by atoms with Crippen LogP contribution in [0.1, 0.15) is 10.4 Å². The molecule has 0 fully saturated rings. The molecule has 1 N–H and O–H groups in total. The second-order valence-electron chi connectivity index (χ2n) is 3.31. The fourth-order valence-electron chi connectivity index (χ4n) is 1.35. The topological polar surface area (TPSA) is 59.4 Å². The molecule has 0 amide bonds. The molecule has 0 radical (unpaired) electrons. The highest BCUT2D eigenvalue weighted by Crippen LogP contribution is 2.27. The van der Waals surface area contributed by atoms with Crippen LogP contribution >= 0.6 is 0 Å². The third-order valence-electron chi connectivity index (χ3n) is 2.12. The van der Waals surface area contributed by atoms with E-state index >= 15 is 0 Å². The molecule has 92 valence electrons. The van der Waals surface area contributed by atoms with Crippen LogP contribution in [0.3, 0.4) is 0 Å². The molecule has 0 unspecified atom stereocenters. The molecule has 0 saturated carbocycles. The van der Waals surface area contributed by atoms with Gasteiger partial charge in [0.2, 0.25) is 0 Å². The molecule has 0 aliphatic carbocycles. The first-order chi connectivity index (χ1) is 8.59. The highest BCUT2D eigenvalue weighted by molar-refractivity contribution is 5.91. The Kier molecular flexibility index (Phi) is 3.18. The normalized spacial score (nSPS) is 10.1. The Labute approximate surface area is 100 Å². The second-order valence-corrected chi connectivity index (χ2v) is 3.31. The first kappa shape index (κ1) is 12.0. The first-order valence-corrected chi connectivity index (χ1v) is 4.90. The Morgan fingerprint density at radius 1 is 1.17 bits per heavy atom. The van der Waals surface area contributed by atoms with E-state index in [0.29, 0.717) is 0 Å². The van der Waals surface area contributed by atoms with Crippen LogP contribution in [-0.2, 0) is 0 Å². The Hall–Kier alpha value is -2.50. The van der Waals surface area contributed by atoms with Crippen molar-refractivity contribution in [2.24, 2.45) is 0 Å². The molecule has 0 spiro atoms. The Morgan fingerprint density at radius 2 is 1.89 bits per heavy atom. The molecule has 2 rings (SSSR count). The van der Waals surface area contributed by atoms with Crippen molar-refractivity contribution in [1.29, 1.82) is 0 Å². The summed E-state index contributed by atoms with van der Waals surface area (Å²) in [6.07, 6.45) is 1.28. The van der Waals surface area contributed by atoms with Crippen LogP contribution in [0.2, 0.25) is 0 Å².